The summed E-state index contributed by atoms with van der Waals surface area (Å²) in [4.78, 5) is 35.6. The lowest BCUT2D eigenvalue weighted by atomic mass is 10.1. The number of benzene rings is 1. The highest BCUT2D eigenvalue weighted by Gasteiger charge is 2.20. The van der Waals surface area contributed by atoms with Crippen LogP contribution in [0.15, 0.2) is 33.5 Å². The number of para-hydroxylation sites is 1. The molecule has 2 rings (SSSR count). The molecule has 0 spiro atoms. The summed E-state index contributed by atoms with van der Waals surface area (Å²) in [5.74, 6) is -1.22. The van der Waals surface area contributed by atoms with Gasteiger partial charge in [-0.05, 0) is 18.6 Å². The van der Waals surface area contributed by atoms with Crippen LogP contribution in [0.4, 0.5) is 0 Å². The second-order valence-electron chi connectivity index (χ2n) is 5.67. The van der Waals surface area contributed by atoms with E-state index in [0.29, 0.717) is 6.42 Å². The zero-order chi connectivity index (χ0) is 18.2. The van der Waals surface area contributed by atoms with Crippen molar-refractivity contribution in [3.63, 3.8) is 0 Å². The van der Waals surface area contributed by atoms with Gasteiger partial charge >= 0.3 is 5.63 Å². The second kappa shape index (κ2) is 8.86. The first-order valence-corrected chi connectivity index (χ1v) is 8.34. The number of carbonyl (C=O) groups excluding carboxylic acids is 2. The van der Waals surface area contributed by atoms with E-state index in [1.54, 1.807) is 18.2 Å². The average molecular weight is 346 g/mol. The zero-order valence-electron chi connectivity index (χ0n) is 14.1. The molecule has 0 aliphatic carbocycles. The summed E-state index contributed by atoms with van der Waals surface area (Å²) in [6, 6.07) is 6.42. The molecule has 0 fully saturated rings. The SMILES string of the molecule is CCCCCC(=O)NCCNC(=O)c1c(O)c2ccccc2oc1=O. The van der Waals surface area contributed by atoms with Crippen molar-refractivity contribution in [2.24, 2.45) is 0 Å². The molecule has 7 nitrogen and oxygen atoms in total. The topological polar surface area (TPSA) is 109 Å². The van der Waals surface area contributed by atoms with Crippen molar-refractivity contribution in [3.05, 3.63) is 40.2 Å². The Morgan fingerprint density at radius 1 is 1.12 bits per heavy atom. The molecule has 1 aromatic heterocycles. The minimum Gasteiger partial charge on any atom is -0.506 e. The van der Waals surface area contributed by atoms with Gasteiger partial charge in [-0.25, -0.2) is 4.79 Å². The fourth-order valence-electron chi connectivity index (χ4n) is 2.42. The van der Waals surface area contributed by atoms with E-state index in [1.165, 1.54) is 6.07 Å². The maximum atomic E-state index is 12.1. The zero-order valence-corrected chi connectivity index (χ0v) is 14.1. The van der Waals surface area contributed by atoms with E-state index < -0.39 is 22.8 Å². The van der Waals surface area contributed by atoms with Gasteiger partial charge in [-0.2, -0.15) is 0 Å². The molecule has 0 aliphatic rings. The molecule has 0 saturated heterocycles. The largest absolute Gasteiger partial charge is 0.506 e. The van der Waals surface area contributed by atoms with Crippen LogP contribution in [-0.4, -0.2) is 30.0 Å². The van der Waals surface area contributed by atoms with Crippen LogP contribution in [0.1, 0.15) is 43.0 Å². The molecule has 25 heavy (non-hydrogen) atoms. The average Bonchev–Trinajstić information content (AvgIpc) is 2.59. The lowest BCUT2D eigenvalue weighted by molar-refractivity contribution is -0.121. The summed E-state index contributed by atoms with van der Waals surface area (Å²) in [7, 11) is 0. The first-order chi connectivity index (χ1) is 12.0. The van der Waals surface area contributed by atoms with E-state index in [4.69, 9.17) is 4.42 Å². The first kappa shape index (κ1) is 18.5. The monoisotopic (exact) mass is 346 g/mol. The highest BCUT2D eigenvalue weighted by atomic mass is 16.4. The Morgan fingerprint density at radius 3 is 2.60 bits per heavy atom. The van der Waals surface area contributed by atoms with Crippen LogP contribution < -0.4 is 16.3 Å². The van der Waals surface area contributed by atoms with Gasteiger partial charge in [0, 0.05) is 19.5 Å². The van der Waals surface area contributed by atoms with Gasteiger partial charge in [-0.3, -0.25) is 9.59 Å². The van der Waals surface area contributed by atoms with Gasteiger partial charge in [0.15, 0.2) is 5.56 Å². The molecule has 7 heteroatoms. The predicted octanol–water partition coefficient (Wildman–Crippen LogP) is 1.92. The van der Waals surface area contributed by atoms with E-state index in [9.17, 15) is 19.5 Å². The molecule has 0 saturated carbocycles. The summed E-state index contributed by atoms with van der Waals surface area (Å²) in [6.07, 6.45) is 3.33. The van der Waals surface area contributed by atoms with Crippen molar-refractivity contribution in [1.82, 2.24) is 10.6 Å². The van der Waals surface area contributed by atoms with Crippen molar-refractivity contribution in [2.75, 3.05) is 13.1 Å². The van der Waals surface area contributed by atoms with E-state index in [2.05, 4.69) is 17.6 Å². The third kappa shape index (κ3) is 4.82. The number of hydrogen-bond acceptors (Lipinski definition) is 5. The van der Waals surface area contributed by atoms with Gasteiger partial charge < -0.3 is 20.2 Å². The fraction of sp³-hybridized carbons (Fsp3) is 0.389. The molecule has 0 radical (unpaired) electrons. The van der Waals surface area contributed by atoms with Gasteiger partial charge in [0.05, 0.1) is 5.39 Å². The Bertz CT molecular complexity index is 813. The Hall–Kier alpha value is -2.83. The summed E-state index contributed by atoms with van der Waals surface area (Å²) >= 11 is 0. The molecule has 0 aliphatic heterocycles. The van der Waals surface area contributed by atoms with Crippen LogP contribution >= 0.6 is 0 Å². The maximum absolute atomic E-state index is 12.1. The van der Waals surface area contributed by atoms with E-state index in [0.717, 1.165) is 19.3 Å². The Balaban J connectivity index is 1.92. The molecular weight excluding hydrogens is 324 g/mol. The quantitative estimate of drug-likeness (QED) is 0.500. The van der Waals surface area contributed by atoms with Crippen molar-refractivity contribution in [3.8, 4) is 5.75 Å². The second-order valence-corrected chi connectivity index (χ2v) is 5.67. The molecule has 0 unspecified atom stereocenters. The number of amides is 2. The molecule has 1 aromatic carbocycles. The molecule has 0 atom stereocenters. The van der Waals surface area contributed by atoms with Gasteiger partial charge in [-0.15, -0.1) is 0 Å². The number of hydrogen-bond donors (Lipinski definition) is 3. The number of carbonyl (C=O) groups is 2. The van der Waals surface area contributed by atoms with Gasteiger partial charge in [-0.1, -0.05) is 31.9 Å². The van der Waals surface area contributed by atoms with Gasteiger partial charge in [0.2, 0.25) is 5.91 Å². The van der Waals surface area contributed by atoms with Crippen molar-refractivity contribution < 1.29 is 19.1 Å². The van der Waals surface area contributed by atoms with Crippen LogP contribution in [0.3, 0.4) is 0 Å². The molecule has 0 bridgehead atoms. The highest BCUT2D eigenvalue weighted by molar-refractivity contribution is 6.01. The van der Waals surface area contributed by atoms with Crippen LogP contribution in [0.25, 0.3) is 11.0 Å². The number of nitrogens with one attached hydrogen (secondary N) is 2. The highest BCUT2D eigenvalue weighted by Crippen LogP contribution is 2.25. The summed E-state index contributed by atoms with van der Waals surface area (Å²) in [5.41, 5.74) is -1.13. The van der Waals surface area contributed by atoms with Crippen LogP contribution in [0.2, 0.25) is 0 Å². The van der Waals surface area contributed by atoms with E-state index >= 15 is 0 Å². The normalized spacial score (nSPS) is 10.6. The number of fused-ring (bicyclic) bond motifs is 1. The summed E-state index contributed by atoms with van der Waals surface area (Å²) < 4.78 is 5.05. The van der Waals surface area contributed by atoms with E-state index in [-0.39, 0.29) is 30.0 Å². The Kier molecular flexibility index (Phi) is 6.56. The minimum atomic E-state index is -0.905. The van der Waals surface area contributed by atoms with Crippen LogP contribution in [0, 0.1) is 0 Å². The Morgan fingerprint density at radius 2 is 1.84 bits per heavy atom. The summed E-state index contributed by atoms with van der Waals surface area (Å²) in [5, 5.41) is 15.6. The Labute approximate surface area is 145 Å². The lowest BCUT2D eigenvalue weighted by Gasteiger charge is -2.08. The maximum Gasteiger partial charge on any atom is 0.353 e. The number of unbranched alkanes of at least 4 members (excludes halogenated alkanes) is 2. The molecular formula is C18H22N2O5. The molecule has 2 amide bonds. The lowest BCUT2D eigenvalue weighted by Crippen LogP contribution is -2.36. The summed E-state index contributed by atoms with van der Waals surface area (Å²) in [6.45, 7) is 2.45. The van der Waals surface area contributed by atoms with Crippen molar-refractivity contribution in [1.29, 1.82) is 0 Å². The number of rotatable bonds is 8. The minimum absolute atomic E-state index is 0.0734. The first-order valence-electron chi connectivity index (χ1n) is 8.34. The molecule has 3 N–H and O–H groups in total. The van der Waals surface area contributed by atoms with E-state index in [1.807, 2.05) is 0 Å². The molecule has 134 valence electrons. The van der Waals surface area contributed by atoms with Crippen LogP contribution in [0.5, 0.6) is 5.75 Å². The predicted molar refractivity (Wildman–Crippen MR) is 93.6 cm³/mol. The third-order valence-electron chi connectivity index (χ3n) is 3.75. The smallest absolute Gasteiger partial charge is 0.353 e. The third-order valence-corrected chi connectivity index (χ3v) is 3.75. The number of aromatic hydroxyl groups is 1. The van der Waals surface area contributed by atoms with Gasteiger partial charge in [0.1, 0.15) is 11.3 Å². The molecule has 1 heterocycles. The molecule has 2 aromatic rings. The fourth-order valence-corrected chi connectivity index (χ4v) is 2.42. The van der Waals surface area contributed by atoms with Crippen molar-refractivity contribution >= 4 is 22.8 Å². The van der Waals surface area contributed by atoms with Crippen molar-refractivity contribution in [2.45, 2.75) is 32.6 Å². The van der Waals surface area contributed by atoms with Gasteiger partial charge in [0.25, 0.3) is 5.91 Å². The van der Waals surface area contributed by atoms with Crippen LogP contribution in [-0.2, 0) is 4.79 Å². The standard InChI is InChI=1S/C18H22N2O5/c1-2-3-4-9-14(21)19-10-11-20-17(23)15-16(22)12-7-5-6-8-13(12)25-18(15)24/h5-8,22H,2-4,9-11H2,1H3,(H,19,21)(H,20,23).